The van der Waals surface area contributed by atoms with E-state index >= 15 is 0 Å². The maximum atomic E-state index is 12.3. The molecule has 6 nitrogen and oxygen atoms in total. The van der Waals surface area contributed by atoms with Crippen LogP contribution in [0.1, 0.15) is 40.4 Å². The zero-order valence-corrected chi connectivity index (χ0v) is 15.3. The van der Waals surface area contributed by atoms with Crippen LogP contribution in [0.25, 0.3) is 0 Å². The Morgan fingerprint density at radius 3 is 1.72 bits per heavy atom. The SMILES string of the molecule is O=C(Nc1nc2c(s1)CCC2)C1CC1C(=O)Nc1nc2c(s1)CCC2. The summed E-state index contributed by atoms with van der Waals surface area (Å²) in [5, 5.41) is 7.13. The van der Waals surface area contributed by atoms with Crippen LogP contribution in [-0.4, -0.2) is 21.8 Å². The Morgan fingerprint density at radius 2 is 1.28 bits per heavy atom. The first-order valence-electron chi connectivity index (χ1n) is 8.76. The molecule has 0 spiro atoms. The fraction of sp³-hybridized carbons (Fsp3) is 0.529. The Balaban J connectivity index is 1.17. The molecule has 0 radical (unpaired) electrons. The van der Waals surface area contributed by atoms with Gasteiger partial charge in [0.2, 0.25) is 11.8 Å². The summed E-state index contributed by atoms with van der Waals surface area (Å²) in [4.78, 5) is 36.2. The van der Waals surface area contributed by atoms with Crippen molar-refractivity contribution in [1.29, 1.82) is 0 Å². The number of hydrogen-bond donors (Lipinski definition) is 2. The predicted molar refractivity (Wildman–Crippen MR) is 97.1 cm³/mol. The van der Waals surface area contributed by atoms with E-state index in [0.29, 0.717) is 16.7 Å². The number of fused-ring (bicyclic) bond motifs is 2. The molecule has 5 rings (SSSR count). The largest absolute Gasteiger partial charge is 0.302 e. The summed E-state index contributed by atoms with van der Waals surface area (Å²) in [7, 11) is 0. The number of aromatic nitrogens is 2. The molecule has 2 aromatic heterocycles. The van der Waals surface area contributed by atoms with Gasteiger partial charge < -0.3 is 10.6 Å². The third-order valence-electron chi connectivity index (χ3n) is 5.12. The van der Waals surface area contributed by atoms with Crippen molar-refractivity contribution in [3.63, 3.8) is 0 Å². The maximum Gasteiger partial charge on any atom is 0.230 e. The minimum absolute atomic E-state index is 0.0887. The van der Waals surface area contributed by atoms with Crippen LogP contribution in [0.4, 0.5) is 10.3 Å². The van der Waals surface area contributed by atoms with Gasteiger partial charge in [-0.1, -0.05) is 0 Å². The second-order valence-electron chi connectivity index (χ2n) is 6.91. The topological polar surface area (TPSA) is 84.0 Å². The lowest BCUT2D eigenvalue weighted by Crippen LogP contribution is -2.20. The average molecular weight is 374 g/mol. The van der Waals surface area contributed by atoms with Gasteiger partial charge in [-0.05, 0) is 44.9 Å². The molecule has 3 aliphatic carbocycles. The van der Waals surface area contributed by atoms with Crippen molar-refractivity contribution < 1.29 is 9.59 Å². The van der Waals surface area contributed by atoms with Crippen molar-refractivity contribution in [2.24, 2.45) is 11.8 Å². The quantitative estimate of drug-likeness (QED) is 0.862. The van der Waals surface area contributed by atoms with Gasteiger partial charge in [0.25, 0.3) is 0 Å². The van der Waals surface area contributed by atoms with Crippen LogP contribution >= 0.6 is 22.7 Å². The van der Waals surface area contributed by atoms with Gasteiger partial charge in [0.05, 0.1) is 23.2 Å². The minimum atomic E-state index is -0.245. The molecule has 0 bridgehead atoms. The Labute approximate surface area is 153 Å². The van der Waals surface area contributed by atoms with Gasteiger partial charge in [0.15, 0.2) is 10.3 Å². The molecule has 0 aliphatic heterocycles. The number of hydrogen-bond acceptors (Lipinski definition) is 6. The number of nitrogens with one attached hydrogen (secondary N) is 2. The van der Waals surface area contributed by atoms with Crippen molar-refractivity contribution >= 4 is 44.8 Å². The van der Waals surface area contributed by atoms with Gasteiger partial charge in [-0.2, -0.15) is 0 Å². The second kappa shape index (κ2) is 5.88. The highest BCUT2D eigenvalue weighted by molar-refractivity contribution is 7.16. The number of aryl methyl sites for hydroxylation is 4. The maximum absolute atomic E-state index is 12.3. The third kappa shape index (κ3) is 2.87. The lowest BCUT2D eigenvalue weighted by Gasteiger charge is -2.02. The van der Waals surface area contributed by atoms with E-state index < -0.39 is 0 Å². The number of nitrogens with zero attached hydrogens (tertiary/aromatic N) is 2. The smallest absolute Gasteiger partial charge is 0.230 e. The molecule has 2 aromatic rings. The molecule has 0 saturated heterocycles. The minimum Gasteiger partial charge on any atom is -0.302 e. The monoisotopic (exact) mass is 374 g/mol. The van der Waals surface area contributed by atoms with Gasteiger partial charge in [0.1, 0.15) is 0 Å². The Hall–Kier alpha value is -1.80. The highest BCUT2D eigenvalue weighted by Crippen LogP contribution is 2.41. The Morgan fingerprint density at radius 1 is 0.800 bits per heavy atom. The first kappa shape index (κ1) is 15.5. The molecule has 2 atom stereocenters. The van der Waals surface area contributed by atoms with E-state index in [1.165, 1.54) is 9.75 Å². The molecule has 2 heterocycles. The second-order valence-corrected chi connectivity index (χ2v) is 9.08. The number of thiazole rings is 2. The highest BCUT2D eigenvalue weighted by atomic mass is 32.1. The summed E-state index contributed by atoms with van der Waals surface area (Å²) in [6, 6.07) is 0. The fourth-order valence-corrected chi connectivity index (χ4v) is 5.76. The molecule has 1 saturated carbocycles. The molecule has 25 heavy (non-hydrogen) atoms. The molecule has 2 N–H and O–H groups in total. The van der Waals surface area contributed by atoms with Crippen LogP contribution in [-0.2, 0) is 35.3 Å². The summed E-state index contributed by atoms with van der Waals surface area (Å²) >= 11 is 3.14. The lowest BCUT2D eigenvalue weighted by molar-refractivity contribution is -0.122. The summed E-state index contributed by atoms with van der Waals surface area (Å²) in [6.45, 7) is 0. The summed E-state index contributed by atoms with van der Waals surface area (Å²) in [5.74, 6) is -0.667. The first-order chi connectivity index (χ1) is 12.2. The van der Waals surface area contributed by atoms with Crippen LogP contribution in [0.15, 0.2) is 0 Å². The number of rotatable bonds is 4. The van der Waals surface area contributed by atoms with E-state index in [2.05, 4.69) is 20.6 Å². The van der Waals surface area contributed by atoms with Gasteiger partial charge in [0, 0.05) is 9.75 Å². The average Bonchev–Trinajstić information content (AvgIpc) is 2.88. The number of amides is 2. The summed E-state index contributed by atoms with van der Waals surface area (Å²) in [6.07, 6.45) is 7.07. The zero-order chi connectivity index (χ0) is 17.0. The standard InChI is InChI=1S/C17H18N4O2S2/c22-14(20-16-18-10-3-1-5-12(10)24-16)8-7-9(8)15(23)21-17-19-11-4-2-6-13(11)25-17/h8-9H,1-7H2,(H,18,20,22)(H,19,21,23). The van der Waals surface area contributed by atoms with Gasteiger partial charge >= 0.3 is 0 Å². The third-order valence-corrected chi connectivity index (χ3v) is 7.26. The predicted octanol–water partition coefficient (Wildman–Crippen LogP) is 2.79. The molecule has 2 unspecified atom stereocenters. The van der Waals surface area contributed by atoms with Crippen LogP contribution in [0.3, 0.4) is 0 Å². The molecular weight excluding hydrogens is 356 g/mol. The molecule has 0 aromatic carbocycles. The molecule has 3 aliphatic rings. The van der Waals surface area contributed by atoms with Gasteiger partial charge in [-0.3, -0.25) is 9.59 Å². The van der Waals surface area contributed by atoms with E-state index in [-0.39, 0.29) is 23.7 Å². The van der Waals surface area contributed by atoms with Crippen LogP contribution in [0.2, 0.25) is 0 Å². The van der Waals surface area contributed by atoms with Crippen molar-refractivity contribution in [3.8, 4) is 0 Å². The number of anilines is 2. The lowest BCUT2D eigenvalue weighted by atomic mass is 10.3. The van der Waals surface area contributed by atoms with Crippen molar-refractivity contribution in [1.82, 2.24) is 9.97 Å². The fourth-order valence-electron chi connectivity index (χ4n) is 3.66. The Kier molecular flexibility index (Phi) is 3.63. The normalized spacial score (nSPS) is 23.2. The van der Waals surface area contributed by atoms with Crippen LogP contribution in [0.5, 0.6) is 0 Å². The van der Waals surface area contributed by atoms with Crippen molar-refractivity contribution in [3.05, 3.63) is 21.1 Å². The van der Waals surface area contributed by atoms with Gasteiger partial charge in [-0.15, -0.1) is 22.7 Å². The molecule has 8 heteroatoms. The molecular formula is C17H18N4O2S2. The molecule has 1 fully saturated rings. The van der Waals surface area contributed by atoms with Gasteiger partial charge in [-0.25, -0.2) is 9.97 Å². The molecule has 2 amide bonds. The van der Waals surface area contributed by atoms with E-state index in [4.69, 9.17) is 0 Å². The van der Waals surface area contributed by atoms with E-state index in [0.717, 1.165) is 49.9 Å². The number of carbonyl (C=O) groups excluding carboxylic acids is 2. The van der Waals surface area contributed by atoms with Crippen LogP contribution < -0.4 is 10.6 Å². The van der Waals surface area contributed by atoms with E-state index in [1.807, 2.05) is 0 Å². The van der Waals surface area contributed by atoms with Crippen molar-refractivity contribution in [2.45, 2.75) is 44.9 Å². The van der Waals surface area contributed by atoms with Crippen LogP contribution in [0, 0.1) is 11.8 Å². The zero-order valence-electron chi connectivity index (χ0n) is 13.6. The van der Waals surface area contributed by atoms with E-state index in [1.54, 1.807) is 22.7 Å². The first-order valence-corrected chi connectivity index (χ1v) is 10.4. The molecule has 130 valence electrons. The Bertz CT molecular complexity index is 759. The van der Waals surface area contributed by atoms with Crippen molar-refractivity contribution in [2.75, 3.05) is 10.6 Å². The number of carbonyl (C=O) groups is 2. The van der Waals surface area contributed by atoms with E-state index in [9.17, 15) is 9.59 Å². The summed E-state index contributed by atoms with van der Waals surface area (Å²) in [5.41, 5.74) is 2.25. The summed E-state index contributed by atoms with van der Waals surface area (Å²) < 4.78 is 0. The highest BCUT2D eigenvalue weighted by Gasteiger charge is 2.48.